The van der Waals surface area contributed by atoms with Crippen LogP contribution in [0.1, 0.15) is 19.4 Å². The molecule has 5 nitrogen and oxygen atoms in total. The highest BCUT2D eigenvalue weighted by molar-refractivity contribution is 8.01. The first-order valence-corrected chi connectivity index (χ1v) is 8.91. The molecule has 22 heavy (non-hydrogen) atoms. The average Bonchev–Trinajstić information content (AvgIpc) is 2.88. The summed E-state index contributed by atoms with van der Waals surface area (Å²) in [5.74, 6) is 0.332. The quantitative estimate of drug-likeness (QED) is 0.769. The van der Waals surface area contributed by atoms with Crippen molar-refractivity contribution in [2.75, 3.05) is 11.1 Å². The highest BCUT2D eigenvalue weighted by Gasteiger charge is 2.09. The first-order valence-electron chi connectivity index (χ1n) is 6.73. The van der Waals surface area contributed by atoms with E-state index in [1.807, 2.05) is 39.0 Å². The van der Waals surface area contributed by atoms with Gasteiger partial charge in [-0.1, -0.05) is 40.8 Å². The molecule has 0 unspecified atom stereocenters. The van der Waals surface area contributed by atoms with Gasteiger partial charge in [-0.15, -0.1) is 10.2 Å². The Morgan fingerprint density at radius 3 is 2.86 bits per heavy atom. The molecule has 0 atom stereocenters. The molecule has 0 saturated carbocycles. The molecule has 118 valence electrons. The summed E-state index contributed by atoms with van der Waals surface area (Å²) < 4.78 is 0.750. The van der Waals surface area contributed by atoms with Crippen LogP contribution in [0.5, 0.6) is 0 Å². The third kappa shape index (κ3) is 5.15. The predicted molar refractivity (Wildman–Crippen MR) is 93.4 cm³/mol. The van der Waals surface area contributed by atoms with E-state index in [4.69, 9.17) is 11.6 Å². The van der Waals surface area contributed by atoms with Crippen LogP contribution in [0.2, 0.25) is 5.02 Å². The molecule has 0 fully saturated rings. The van der Waals surface area contributed by atoms with Crippen molar-refractivity contribution in [3.63, 3.8) is 0 Å². The third-order valence-corrected chi connectivity index (χ3v) is 4.99. The lowest BCUT2D eigenvalue weighted by Crippen LogP contribution is -2.31. The molecule has 0 saturated heterocycles. The van der Waals surface area contributed by atoms with Gasteiger partial charge >= 0.3 is 0 Å². The van der Waals surface area contributed by atoms with Gasteiger partial charge in [0, 0.05) is 16.8 Å². The highest BCUT2D eigenvalue weighted by Crippen LogP contribution is 2.29. The summed E-state index contributed by atoms with van der Waals surface area (Å²) in [4.78, 5) is 11.6. The molecule has 0 aliphatic carbocycles. The Labute approximate surface area is 142 Å². The van der Waals surface area contributed by atoms with Gasteiger partial charge in [0.2, 0.25) is 11.0 Å². The van der Waals surface area contributed by atoms with Gasteiger partial charge in [0.25, 0.3) is 0 Å². The summed E-state index contributed by atoms with van der Waals surface area (Å²) in [6, 6.07) is 5.87. The molecular weight excluding hydrogens is 340 g/mol. The van der Waals surface area contributed by atoms with Crippen molar-refractivity contribution in [3.05, 3.63) is 28.8 Å². The Hall–Kier alpha value is -1.31. The number of anilines is 2. The number of thioether (sulfide) groups is 1. The number of rotatable bonds is 6. The van der Waals surface area contributed by atoms with Crippen LogP contribution in [0.15, 0.2) is 22.5 Å². The number of amides is 1. The Morgan fingerprint density at radius 1 is 1.41 bits per heavy atom. The van der Waals surface area contributed by atoms with E-state index >= 15 is 0 Å². The Balaban J connectivity index is 1.91. The molecule has 1 aromatic carbocycles. The predicted octanol–water partition coefficient (Wildman–Crippen LogP) is 3.86. The van der Waals surface area contributed by atoms with E-state index in [9.17, 15) is 4.79 Å². The topological polar surface area (TPSA) is 66.9 Å². The SMILES string of the molecule is Cc1ccc(Nc2nnc(SCC(=O)NC(C)C)s2)cc1Cl. The Bertz CT molecular complexity index is 660. The molecule has 0 aliphatic heterocycles. The van der Waals surface area contributed by atoms with E-state index in [-0.39, 0.29) is 11.9 Å². The van der Waals surface area contributed by atoms with Crippen molar-refractivity contribution < 1.29 is 4.79 Å². The summed E-state index contributed by atoms with van der Waals surface area (Å²) in [5.41, 5.74) is 1.89. The summed E-state index contributed by atoms with van der Waals surface area (Å²) in [6.45, 7) is 5.82. The summed E-state index contributed by atoms with van der Waals surface area (Å²) in [7, 11) is 0. The van der Waals surface area contributed by atoms with Gasteiger partial charge < -0.3 is 10.6 Å². The van der Waals surface area contributed by atoms with E-state index in [0.717, 1.165) is 15.6 Å². The second-order valence-electron chi connectivity index (χ2n) is 4.97. The maximum absolute atomic E-state index is 11.6. The molecule has 1 heterocycles. The van der Waals surface area contributed by atoms with Crippen LogP contribution < -0.4 is 10.6 Å². The smallest absolute Gasteiger partial charge is 0.230 e. The first kappa shape index (κ1) is 17.1. The van der Waals surface area contributed by atoms with Crippen molar-refractivity contribution in [1.82, 2.24) is 15.5 Å². The number of nitrogens with zero attached hydrogens (tertiary/aromatic N) is 2. The zero-order valence-corrected chi connectivity index (χ0v) is 14.9. The minimum absolute atomic E-state index is 0.00461. The number of carbonyl (C=O) groups excluding carboxylic acids is 1. The third-order valence-electron chi connectivity index (χ3n) is 2.61. The monoisotopic (exact) mass is 356 g/mol. The number of nitrogens with one attached hydrogen (secondary N) is 2. The van der Waals surface area contributed by atoms with Crippen LogP contribution in [0.25, 0.3) is 0 Å². The van der Waals surface area contributed by atoms with E-state index < -0.39 is 0 Å². The first-order chi connectivity index (χ1) is 10.4. The number of benzene rings is 1. The second-order valence-corrected chi connectivity index (χ2v) is 7.58. The van der Waals surface area contributed by atoms with Gasteiger partial charge in [-0.3, -0.25) is 4.79 Å². The van der Waals surface area contributed by atoms with E-state index in [2.05, 4.69) is 20.8 Å². The van der Waals surface area contributed by atoms with Gasteiger partial charge in [-0.05, 0) is 38.5 Å². The molecule has 8 heteroatoms. The Morgan fingerprint density at radius 2 is 2.18 bits per heavy atom. The number of hydrogen-bond donors (Lipinski definition) is 2. The number of hydrogen-bond acceptors (Lipinski definition) is 6. The minimum atomic E-state index is -0.00461. The fraction of sp³-hybridized carbons (Fsp3) is 0.357. The number of aromatic nitrogens is 2. The van der Waals surface area contributed by atoms with Crippen LogP contribution in [0.3, 0.4) is 0 Å². The number of aryl methyl sites for hydroxylation is 1. The van der Waals surface area contributed by atoms with E-state index in [1.54, 1.807) is 0 Å². The van der Waals surface area contributed by atoms with Crippen LogP contribution >= 0.6 is 34.7 Å². The normalized spacial score (nSPS) is 10.8. The standard InChI is InChI=1S/C14H17ClN4OS2/c1-8(2)16-12(20)7-21-14-19-18-13(22-14)17-10-5-4-9(3)11(15)6-10/h4-6,8H,7H2,1-3H3,(H,16,20)(H,17,18). The molecule has 2 rings (SSSR count). The fourth-order valence-electron chi connectivity index (χ4n) is 1.60. The van der Waals surface area contributed by atoms with Crippen molar-refractivity contribution in [2.45, 2.75) is 31.2 Å². The fourth-order valence-corrected chi connectivity index (χ4v) is 3.37. The van der Waals surface area contributed by atoms with Crippen molar-refractivity contribution in [2.24, 2.45) is 0 Å². The summed E-state index contributed by atoms with van der Waals surface area (Å²) in [6.07, 6.45) is 0. The highest BCUT2D eigenvalue weighted by atomic mass is 35.5. The minimum Gasteiger partial charge on any atom is -0.353 e. The summed E-state index contributed by atoms with van der Waals surface area (Å²) >= 11 is 8.87. The lowest BCUT2D eigenvalue weighted by molar-refractivity contribution is -0.119. The van der Waals surface area contributed by atoms with Gasteiger partial charge in [-0.25, -0.2) is 0 Å². The lowest BCUT2D eigenvalue weighted by Gasteiger charge is -2.06. The second kappa shape index (κ2) is 7.80. The molecule has 0 aliphatic rings. The largest absolute Gasteiger partial charge is 0.353 e. The van der Waals surface area contributed by atoms with E-state index in [0.29, 0.717) is 15.9 Å². The maximum atomic E-state index is 11.6. The molecule has 0 radical (unpaired) electrons. The molecule has 1 aromatic heterocycles. The van der Waals surface area contributed by atoms with Crippen molar-refractivity contribution >= 4 is 51.4 Å². The molecule has 1 amide bonds. The molecule has 0 spiro atoms. The number of halogens is 1. The van der Waals surface area contributed by atoms with Gasteiger partial charge in [0.1, 0.15) is 0 Å². The average molecular weight is 357 g/mol. The van der Waals surface area contributed by atoms with Gasteiger partial charge in [0.15, 0.2) is 4.34 Å². The van der Waals surface area contributed by atoms with Crippen LogP contribution in [-0.4, -0.2) is 27.9 Å². The van der Waals surface area contributed by atoms with Crippen LogP contribution in [0.4, 0.5) is 10.8 Å². The van der Waals surface area contributed by atoms with Gasteiger partial charge in [0.05, 0.1) is 5.75 Å². The molecular formula is C14H17ClN4OS2. The maximum Gasteiger partial charge on any atom is 0.230 e. The number of carbonyl (C=O) groups is 1. The molecule has 0 bridgehead atoms. The molecule has 2 N–H and O–H groups in total. The zero-order valence-electron chi connectivity index (χ0n) is 12.5. The molecule has 2 aromatic rings. The van der Waals surface area contributed by atoms with E-state index in [1.165, 1.54) is 23.1 Å². The lowest BCUT2D eigenvalue weighted by atomic mass is 10.2. The van der Waals surface area contributed by atoms with Crippen molar-refractivity contribution in [1.29, 1.82) is 0 Å². The summed E-state index contributed by atoms with van der Waals surface area (Å²) in [5, 5.41) is 15.5. The van der Waals surface area contributed by atoms with Gasteiger partial charge in [-0.2, -0.15) is 0 Å². The van der Waals surface area contributed by atoms with Crippen LogP contribution in [0, 0.1) is 6.92 Å². The van der Waals surface area contributed by atoms with Crippen LogP contribution in [-0.2, 0) is 4.79 Å². The Kier molecular flexibility index (Phi) is 6.05. The zero-order chi connectivity index (χ0) is 16.1. The van der Waals surface area contributed by atoms with Crippen molar-refractivity contribution in [3.8, 4) is 0 Å².